The molecule has 0 heterocycles. The first-order chi connectivity index (χ1) is 14.1. The SMILES string of the molecule is Cc1ccc(S(=O)(=O)N(CC(=O)Nc2ccc(Br)cc2)c2cc(Cl)cc(Cl)c2)cc1. The highest BCUT2D eigenvalue weighted by Gasteiger charge is 2.28. The van der Waals surface area contributed by atoms with Crippen molar-refractivity contribution in [2.75, 3.05) is 16.2 Å². The first-order valence-electron chi connectivity index (χ1n) is 8.76. The largest absolute Gasteiger partial charge is 0.325 e. The van der Waals surface area contributed by atoms with Gasteiger partial charge in [0.2, 0.25) is 5.91 Å². The Kier molecular flexibility index (Phi) is 7.08. The minimum Gasteiger partial charge on any atom is -0.325 e. The van der Waals surface area contributed by atoms with Crippen molar-refractivity contribution in [1.29, 1.82) is 0 Å². The Morgan fingerprint density at radius 2 is 1.53 bits per heavy atom. The molecule has 0 spiro atoms. The number of anilines is 2. The molecule has 0 bridgehead atoms. The fraction of sp³-hybridized carbons (Fsp3) is 0.0952. The van der Waals surface area contributed by atoms with Gasteiger partial charge in [0.1, 0.15) is 6.54 Å². The molecule has 1 amide bonds. The van der Waals surface area contributed by atoms with Gasteiger partial charge in [-0.3, -0.25) is 9.10 Å². The maximum Gasteiger partial charge on any atom is 0.264 e. The Balaban J connectivity index is 1.97. The maximum atomic E-state index is 13.4. The maximum absolute atomic E-state index is 13.4. The molecule has 3 rings (SSSR count). The first kappa shape index (κ1) is 22.6. The summed E-state index contributed by atoms with van der Waals surface area (Å²) < 4.78 is 28.6. The van der Waals surface area contributed by atoms with E-state index in [1.807, 2.05) is 6.92 Å². The van der Waals surface area contributed by atoms with Crippen LogP contribution in [0.25, 0.3) is 0 Å². The van der Waals surface area contributed by atoms with Gasteiger partial charge in [0.05, 0.1) is 10.6 Å². The molecule has 0 radical (unpaired) electrons. The second kappa shape index (κ2) is 9.39. The zero-order chi connectivity index (χ0) is 21.9. The Morgan fingerprint density at radius 1 is 0.967 bits per heavy atom. The van der Waals surface area contributed by atoms with E-state index in [1.54, 1.807) is 36.4 Å². The molecule has 0 aromatic heterocycles. The van der Waals surface area contributed by atoms with E-state index >= 15 is 0 Å². The summed E-state index contributed by atoms with van der Waals surface area (Å²) in [6, 6.07) is 17.7. The number of rotatable bonds is 6. The molecule has 9 heteroatoms. The summed E-state index contributed by atoms with van der Waals surface area (Å²) in [7, 11) is -4.05. The van der Waals surface area contributed by atoms with Gasteiger partial charge in [0, 0.05) is 20.2 Å². The number of sulfonamides is 1. The van der Waals surface area contributed by atoms with E-state index in [1.165, 1.54) is 30.3 Å². The molecule has 0 aliphatic rings. The summed E-state index contributed by atoms with van der Waals surface area (Å²) in [5, 5.41) is 3.22. The number of amides is 1. The van der Waals surface area contributed by atoms with Crippen LogP contribution in [0.1, 0.15) is 5.56 Å². The highest BCUT2D eigenvalue weighted by atomic mass is 79.9. The van der Waals surface area contributed by atoms with Gasteiger partial charge < -0.3 is 5.32 Å². The Bertz CT molecular complexity index is 1150. The summed E-state index contributed by atoms with van der Waals surface area (Å²) in [6.45, 7) is 1.40. The van der Waals surface area contributed by atoms with Crippen LogP contribution in [0.3, 0.4) is 0 Å². The van der Waals surface area contributed by atoms with Crippen molar-refractivity contribution in [3.63, 3.8) is 0 Å². The van der Waals surface area contributed by atoms with Gasteiger partial charge in [-0.25, -0.2) is 8.42 Å². The van der Waals surface area contributed by atoms with Crippen LogP contribution in [0.4, 0.5) is 11.4 Å². The lowest BCUT2D eigenvalue weighted by Crippen LogP contribution is -2.38. The predicted octanol–water partition coefficient (Wildman–Crippen LogP) is 5.90. The molecule has 3 aromatic carbocycles. The number of benzene rings is 3. The molecular formula is C21H17BrCl2N2O3S. The molecule has 0 atom stereocenters. The lowest BCUT2D eigenvalue weighted by molar-refractivity contribution is -0.114. The monoisotopic (exact) mass is 526 g/mol. The number of hydrogen-bond acceptors (Lipinski definition) is 3. The van der Waals surface area contributed by atoms with Crippen molar-refractivity contribution in [2.45, 2.75) is 11.8 Å². The number of nitrogens with zero attached hydrogens (tertiary/aromatic N) is 1. The molecule has 0 unspecified atom stereocenters. The van der Waals surface area contributed by atoms with E-state index < -0.39 is 22.5 Å². The fourth-order valence-corrected chi connectivity index (χ4v) is 4.88. The van der Waals surface area contributed by atoms with Crippen molar-refractivity contribution in [3.05, 3.63) is 86.8 Å². The quantitative estimate of drug-likeness (QED) is 0.434. The van der Waals surface area contributed by atoms with Gasteiger partial charge in [-0.1, -0.05) is 56.8 Å². The summed E-state index contributed by atoms with van der Waals surface area (Å²) in [6.07, 6.45) is 0. The first-order valence-corrected chi connectivity index (χ1v) is 11.7. The van der Waals surface area contributed by atoms with Gasteiger partial charge in [-0.2, -0.15) is 0 Å². The van der Waals surface area contributed by atoms with Crippen LogP contribution in [0.15, 0.2) is 76.1 Å². The molecule has 3 aromatic rings. The molecule has 0 aliphatic heterocycles. The number of aryl methyl sites for hydroxylation is 1. The summed E-state index contributed by atoms with van der Waals surface area (Å²) >= 11 is 15.5. The van der Waals surface area contributed by atoms with E-state index in [2.05, 4.69) is 21.2 Å². The molecule has 0 saturated heterocycles. The highest BCUT2D eigenvalue weighted by Crippen LogP contribution is 2.30. The number of hydrogen-bond donors (Lipinski definition) is 1. The van der Waals surface area contributed by atoms with E-state index in [0.29, 0.717) is 5.69 Å². The van der Waals surface area contributed by atoms with Crippen LogP contribution in [0.5, 0.6) is 0 Å². The molecule has 0 aliphatic carbocycles. The minimum atomic E-state index is -4.05. The van der Waals surface area contributed by atoms with Crippen molar-refractivity contribution in [3.8, 4) is 0 Å². The van der Waals surface area contributed by atoms with Crippen molar-refractivity contribution >= 4 is 66.4 Å². The average molecular weight is 528 g/mol. The standard InChI is InChI=1S/C21H17BrCl2N2O3S/c1-14-2-8-20(9-3-14)30(28,29)26(19-11-16(23)10-17(24)12-19)13-21(27)25-18-6-4-15(22)5-7-18/h2-12H,13H2,1H3,(H,25,27). The van der Waals surface area contributed by atoms with Crippen molar-refractivity contribution < 1.29 is 13.2 Å². The average Bonchev–Trinajstić information content (AvgIpc) is 2.67. The van der Waals surface area contributed by atoms with E-state index in [0.717, 1.165) is 14.3 Å². The van der Waals surface area contributed by atoms with Crippen molar-refractivity contribution in [1.82, 2.24) is 0 Å². The summed E-state index contributed by atoms with van der Waals surface area (Å²) in [5.74, 6) is -0.510. The van der Waals surface area contributed by atoms with Gasteiger partial charge in [-0.05, 0) is 61.5 Å². The van der Waals surface area contributed by atoms with Gasteiger partial charge in [0.25, 0.3) is 10.0 Å². The number of nitrogens with one attached hydrogen (secondary N) is 1. The van der Waals surface area contributed by atoms with Crippen LogP contribution < -0.4 is 9.62 Å². The van der Waals surface area contributed by atoms with E-state index in [-0.39, 0.29) is 20.6 Å². The number of carbonyl (C=O) groups excluding carboxylic acids is 1. The van der Waals surface area contributed by atoms with Crippen LogP contribution in [0.2, 0.25) is 10.0 Å². The zero-order valence-electron chi connectivity index (χ0n) is 15.8. The molecular weight excluding hydrogens is 511 g/mol. The minimum absolute atomic E-state index is 0.0561. The molecule has 156 valence electrons. The van der Waals surface area contributed by atoms with E-state index in [4.69, 9.17) is 23.2 Å². The Morgan fingerprint density at radius 3 is 2.10 bits per heavy atom. The zero-order valence-corrected chi connectivity index (χ0v) is 19.7. The fourth-order valence-electron chi connectivity index (χ4n) is 2.70. The van der Waals surface area contributed by atoms with Crippen LogP contribution in [-0.2, 0) is 14.8 Å². The summed E-state index contributed by atoms with van der Waals surface area (Å²) in [5.41, 5.74) is 1.65. The number of halogens is 3. The second-order valence-electron chi connectivity index (χ2n) is 6.51. The van der Waals surface area contributed by atoms with Crippen LogP contribution >= 0.6 is 39.1 Å². The highest BCUT2D eigenvalue weighted by molar-refractivity contribution is 9.10. The van der Waals surface area contributed by atoms with E-state index in [9.17, 15) is 13.2 Å². The summed E-state index contributed by atoms with van der Waals surface area (Å²) in [4.78, 5) is 12.7. The van der Waals surface area contributed by atoms with Gasteiger partial charge in [0.15, 0.2) is 0 Å². The molecule has 0 saturated carbocycles. The topological polar surface area (TPSA) is 66.5 Å². The molecule has 1 N–H and O–H groups in total. The third-order valence-corrected chi connectivity index (χ3v) is 6.91. The van der Waals surface area contributed by atoms with Crippen LogP contribution in [-0.4, -0.2) is 20.9 Å². The number of carbonyl (C=O) groups is 1. The molecule has 30 heavy (non-hydrogen) atoms. The molecule has 5 nitrogen and oxygen atoms in total. The Hall–Kier alpha value is -2.06. The molecule has 0 fully saturated rings. The lowest BCUT2D eigenvalue weighted by atomic mass is 10.2. The normalized spacial score (nSPS) is 11.2. The third kappa shape index (κ3) is 5.55. The van der Waals surface area contributed by atoms with Gasteiger partial charge in [-0.15, -0.1) is 0 Å². The smallest absolute Gasteiger partial charge is 0.264 e. The third-order valence-electron chi connectivity index (χ3n) is 4.16. The second-order valence-corrected chi connectivity index (χ2v) is 10.2. The van der Waals surface area contributed by atoms with Crippen LogP contribution in [0, 0.1) is 6.92 Å². The lowest BCUT2D eigenvalue weighted by Gasteiger charge is -2.24. The van der Waals surface area contributed by atoms with Gasteiger partial charge >= 0.3 is 0 Å². The van der Waals surface area contributed by atoms with Crippen molar-refractivity contribution in [2.24, 2.45) is 0 Å². The Labute approximate surface area is 193 Å². The predicted molar refractivity (Wildman–Crippen MR) is 125 cm³/mol.